The second-order valence-electron chi connectivity index (χ2n) is 8.31. The molecule has 2 aromatic rings. The molecule has 0 radical (unpaired) electrons. The second-order valence-corrected chi connectivity index (χ2v) is 8.74. The van der Waals surface area contributed by atoms with Crippen LogP contribution in [0.25, 0.3) is 0 Å². The van der Waals surface area contributed by atoms with Gasteiger partial charge < -0.3 is 10.2 Å². The number of amides is 1. The highest BCUT2D eigenvalue weighted by Gasteiger charge is 2.42. The Morgan fingerprint density at radius 1 is 1.19 bits per heavy atom. The van der Waals surface area contributed by atoms with Gasteiger partial charge in [-0.15, -0.1) is 6.58 Å². The SMILES string of the molecule is C=CCNC(=O)C1Cc2cc(C(F)(F)F)ccc2N2CCN(Cc3ccc(Cl)cc3)CC12. The first kappa shape index (κ1) is 22.7. The molecule has 1 saturated heterocycles. The van der Waals surface area contributed by atoms with Gasteiger partial charge in [-0.05, 0) is 47.9 Å². The highest BCUT2D eigenvalue weighted by Crippen LogP contribution is 2.39. The van der Waals surface area contributed by atoms with Crippen molar-refractivity contribution in [2.24, 2.45) is 5.92 Å². The number of halogens is 4. The number of anilines is 1. The van der Waals surface area contributed by atoms with E-state index in [1.807, 2.05) is 24.3 Å². The third kappa shape index (κ3) is 4.79. The summed E-state index contributed by atoms with van der Waals surface area (Å²) in [6, 6.07) is 11.4. The number of hydrogen-bond donors (Lipinski definition) is 1. The minimum Gasteiger partial charge on any atom is -0.365 e. The molecule has 0 saturated carbocycles. The van der Waals surface area contributed by atoms with Crippen LogP contribution in [0.2, 0.25) is 5.02 Å². The van der Waals surface area contributed by atoms with E-state index >= 15 is 0 Å². The molecule has 8 heteroatoms. The number of nitrogens with one attached hydrogen (secondary N) is 1. The zero-order chi connectivity index (χ0) is 22.9. The third-order valence-corrected chi connectivity index (χ3v) is 6.45. The van der Waals surface area contributed by atoms with Gasteiger partial charge in [-0.3, -0.25) is 9.69 Å². The summed E-state index contributed by atoms with van der Waals surface area (Å²) >= 11 is 5.99. The van der Waals surface area contributed by atoms with Crippen molar-refractivity contribution in [2.45, 2.75) is 25.2 Å². The molecule has 2 unspecified atom stereocenters. The van der Waals surface area contributed by atoms with Gasteiger partial charge in [-0.1, -0.05) is 29.8 Å². The molecule has 1 amide bonds. The molecule has 2 aliphatic rings. The molecule has 2 heterocycles. The number of piperazine rings is 1. The molecule has 32 heavy (non-hydrogen) atoms. The van der Waals surface area contributed by atoms with Crippen molar-refractivity contribution in [3.8, 4) is 0 Å². The molecule has 2 atom stereocenters. The van der Waals surface area contributed by atoms with Gasteiger partial charge in [-0.25, -0.2) is 0 Å². The van der Waals surface area contributed by atoms with Crippen LogP contribution in [0.3, 0.4) is 0 Å². The maximum atomic E-state index is 13.3. The number of hydrogen-bond acceptors (Lipinski definition) is 3. The van der Waals surface area contributed by atoms with Crippen LogP contribution in [0, 0.1) is 5.92 Å². The fourth-order valence-corrected chi connectivity index (χ4v) is 4.78. The van der Waals surface area contributed by atoms with Crippen LogP contribution in [0.5, 0.6) is 0 Å². The average Bonchev–Trinajstić information content (AvgIpc) is 2.77. The van der Waals surface area contributed by atoms with Gasteiger partial charge in [0.2, 0.25) is 5.91 Å². The molecule has 1 N–H and O–H groups in total. The molecule has 0 spiro atoms. The number of carbonyl (C=O) groups is 1. The van der Waals surface area contributed by atoms with Crippen LogP contribution in [0.15, 0.2) is 55.1 Å². The number of rotatable bonds is 5. The summed E-state index contributed by atoms with van der Waals surface area (Å²) in [5, 5.41) is 3.52. The Morgan fingerprint density at radius 2 is 1.94 bits per heavy atom. The smallest absolute Gasteiger partial charge is 0.365 e. The summed E-state index contributed by atoms with van der Waals surface area (Å²) in [5.74, 6) is -0.602. The van der Waals surface area contributed by atoms with Crippen molar-refractivity contribution in [3.05, 3.63) is 76.8 Å². The lowest BCUT2D eigenvalue weighted by Gasteiger charge is -2.49. The van der Waals surface area contributed by atoms with E-state index < -0.39 is 17.7 Å². The van der Waals surface area contributed by atoms with E-state index in [0.717, 1.165) is 30.4 Å². The monoisotopic (exact) mass is 463 g/mol. The van der Waals surface area contributed by atoms with Crippen molar-refractivity contribution in [2.75, 3.05) is 31.1 Å². The molecule has 4 rings (SSSR count). The summed E-state index contributed by atoms with van der Waals surface area (Å²) in [6.07, 6.45) is -2.54. The standard InChI is InChI=1S/C24H25ClF3N3O/c1-2-9-29-23(32)20-13-17-12-18(24(26,27)28)5-8-21(17)31-11-10-30(15-22(20)31)14-16-3-6-19(25)7-4-16/h2-8,12,20,22H,1,9-11,13-15H2,(H,29,32). The molecule has 170 valence electrons. The molecule has 1 fully saturated rings. The predicted molar refractivity (Wildman–Crippen MR) is 120 cm³/mol. The first-order valence-corrected chi connectivity index (χ1v) is 11.0. The summed E-state index contributed by atoms with van der Waals surface area (Å²) in [7, 11) is 0. The molecule has 2 aliphatic heterocycles. The van der Waals surface area contributed by atoms with Crippen molar-refractivity contribution in [1.82, 2.24) is 10.2 Å². The van der Waals surface area contributed by atoms with Crippen LogP contribution in [0.1, 0.15) is 16.7 Å². The van der Waals surface area contributed by atoms with E-state index in [1.165, 1.54) is 6.07 Å². The predicted octanol–water partition coefficient (Wildman–Crippen LogP) is 4.52. The Labute approximate surface area is 190 Å². The topological polar surface area (TPSA) is 35.6 Å². The van der Waals surface area contributed by atoms with Gasteiger partial charge in [0.1, 0.15) is 0 Å². The highest BCUT2D eigenvalue weighted by molar-refractivity contribution is 6.30. The van der Waals surface area contributed by atoms with E-state index in [1.54, 1.807) is 12.1 Å². The van der Waals surface area contributed by atoms with Gasteiger partial charge in [0.25, 0.3) is 0 Å². The van der Waals surface area contributed by atoms with Crippen LogP contribution >= 0.6 is 11.6 Å². The van der Waals surface area contributed by atoms with Gasteiger partial charge >= 0.3 is 6.18 Å². The summed E-state index contributed by atoms with van der Waals surface area (Å²) in [4.78, 5) is 17.4. The van der Waals surface area contributed by atoms with Crippen molar-refractivity contribution < 1.29 is 18.0 Å². The first-order valence-electron chi connectivity index (χ1n) is 10.6. The molecule has 0 aromatic heterocycles. The van der Waals surface area contributed by atoms with Crippen molar-refractivity contribution in [3.63, 3.8) is 0 Å². The number of carbonyl (C=O) groups excluding carboxylic acids is 1. The minimum absolute atomic E-state index is 0.120. The Bertz CT molecular complexity index is 993. The fourth-order valence-electron chi connectivity index (χ4n) is 4.65. The molecular weight excluding hydrogens is 439 g/mol. The quantitative estimate of drug-likeness (QED) is 0.662. The number of alkyl halides is 3. The zero-order valence-corrected chi connectivity index (χ0v) is 18.3. The zero-order valence-electron chi connectivity index (χ0n) is 17.5. The van der Waals surface area contributed by atoms with Crippen LogP contribution < -0.4 is 10.2 Å². The second kappa shape index (κ2) is 9.16. The van der Waals surface area contributed by atoms with Crippen LogP contribution in [0.4, 0.5) is 18.9 Å². The van der Waals surface area contributed by atoms with Crippen LogP contribution in [-0.4, -0.2) is 43.0 Å². The summed E-state index contributed by atoms with van der Waals surface area (Å²) in [5.41, 5.74) is 1.81. The van der Waals surface area contributed by atoms with E-state index in [2.05, 4.69) is 21.7 Å². The summed E-state index contributed by atoms with van der Waals surface area (Å²) < 4.78 is 39.8. The molecule has 0 bridgehead atoms. The first-order chi connectivity index (χ1) is 15.3. The number of benzene rings is 2. The lowest BCUT2D eigenvalue weighted by molar-refractivity contribution is -0.137. The Morgan fingerprint density at radius 3 is 2.62 bits per heavy atom. The molecule has 0 aliphatic carbocycles. The number of nitrogens with zero attached hydrogens (tertiary/aromatic N) is 2. The largest absolute Gasteiger partial charge is 0.416 e. The minimum atomic E-state index is -4.41. The highest BCUT2D eigenvalue weighted by atomic mass is 35.5. The maximum absolute atomic E-state index is 13.3. The number of fused-ring (bicyclic) bond motifs is 3. The van der Waals surface area contributed by atoms with Gasteiger partial charge in [0.15, 0.2) is 0 Å². The average molecular weight is 464 g/mol. The van der Waals surface area contributed by atoms with E-state index in [4.69, 9.17) is 11.6 Å². The molecular formula is C24H25ClF3N3O. The lowest BCUT2D eigenvalue weighted by Crippen LogP contribution is -2.60. The lowest BCUT2D eigenvalue weighted by atomic mass is 9.82. The fraction of sp³-hybridized carbons (Fsp3) is 0.375. The van der Waals surface area contributed by atoms with Gasteiger partial charge in [0, 0.05) is 43.4 Å². The Kier molecular flexibility index (Phi) is 6.49. The molecule has 4 nitrogen and oxygen atoms in total. The maximum Gasteiger partial charge on any atom is 0.416 e. The summed E-state index contributed by atoms with van der Waals surface area (Å²) in [6.45, 7) is 6.72. The van der Waals surface area contributed by atoms with Crippen molar-refractivity contribution >= 4 is 23.2 Å². The van der Waals surface area contributed by atoms with E-state index in [0.29, 0.717) is 30.2 Å². The third-order valence-electron chi connectivity index (χ3n) is 6.20. The van der Waals surface area contributed by atoms with Gasteiger partial charge in [-0.2, -0.15) is 13.2 Å². The normalized spacial score (nSPS) is 20.9. The van der Waals surface area contributed by atoms with Crippen LogP contribution in [-0.2, 0) is 23.9 Å². The van der Waals surface area contributed by atoms with E-state index in [-0.39, 0.29) is 18.4 Å². The van der Waals surface area contributed by atoms with Gasteiger partial charge in [0.05, 0.1) is 17.5 Å². The van der Waals surface area contributed by atoms with E-state index in [9.17, 15) is 18.0 Å². The van der Waals surface area contributed by atoms with Crippen molar-refractivity contribution in [1.29, 1.82) is 0 Å². The Hall–Kier alpha value is -2.51. The molecule has 2 aromatic carbocycles. The Balaban J connectivity index is 1.61.